The fourth-order valence-corrected chi connectivity index (χ4v) is 4.75. The molecule has 1 amide bonds. The average Bonchev–Trinajstić information content (AvgIpc) is 2.93. The van der Waals surface area contributed by atoms with Crippen LogP contribution in [0.2, 0.25) is 0 Å². The first-order chi connectivity index (χ1) is 13.4. The zero-order chi connectivity index (χ0) is 19.7. The van der Waals surface area contributed by atoms with Crippen molar-refractivity contribution in [3.63, 3.8) is 0 Å². The van der Waals surface area contributed by atoms with Crippen LogP contribution < -0.4 is 16.0 Å². The second-order valence-corrected chi connectivity index (χ2v) is 8.74. The zero-order valence-electron chi connectivity index (χ0n) is 15.5. The molecule has 8 heteroatoms. The second-order valence-electron chi connectivity index (χ2n) is 7.16. The molecule has 2 atom stereocenters. The Morgan fingerprint density at radius 2 is 1.89 bits per heavy atom. The quantitative estimate of drug-likeness (QED) is 0.735. The van der Waals surface area contributed by atoms with Gasteiger partial charge in [-0.1, -0.05) is 12.1 Å². The Balaban J connectivity index is 1.45. The van der Waals surface area contributed by atoms with E-state index in [4.69, 9.17) is 0 Å². The minimum atomic E-state index is -3.66. The molecule has 2 unspecified atom stereocenters. The van der Waals surface area contributed by atoms with Crippen molar-refractivity contribution < 1.29 is 13.2 Å². The molecule has 0 saturated carbocycles. The van der Waals surface area contributed by atoms with Crippen molar-refractivity contribution in [2.75, 3.05) is 11.9 Å². The van der Waals surface area contributed by atoms with Gasteiger partial charge in [-0.3, -0.25) is 4.79 Å². The summed E-state index contributed by atoms with van der Waals surface area (Å²) in [4.78, 5) is 12.7. The van der Waals surface area contributed by atoms with Crippen LogP contribution in [0.25, 0.3) is 0 Å². The van der Waals surface area contributed by atoms with Crippen LogP contribution in [0.1, 0.15) is 35.7 Å². The number of fused-ring (bicyclic) bond motifs is 1. The SMILES string of the molecule is CC1CC(NC(=O)c2ccc(NC3=NS(=O)(=O)c4ccccc43)cc2)CCN1. The molecule has 3 N–H and O–H groups in total. The molecule has 2 aromatic rings. The summed E-state index contributed by atoms with van der Waals surface area (Å²) in [6.45, 7) is 3.02. The molecule has 0 spiro atoms. The van der Waals surface area contributed by atoms with Crippen LogP contribution in [0, 0.1) is 0 Å². The molecule has 7 nitrogen and oxygen atoms in total. The maximum absolute atomic E-state index is 12.5. The Hall–Kier alpha value is -2.71. The highest BCUT2D eigenvalue weighted by Gasteiger charge is 2.28. The van der Waals surface area contributed by atoms with Crippen molar-refractivity contribution in [1.82, 2.24) is 10.6 Å². The van der Waals surface area contributed by atoms with Gasteiger partial charge in [0.15, 0.2) is 5.84 Å². The van der Waals surface area contributed by atoms with Crippen molar-refractivity contribution in [3.8, 4) is 0 Å². The number of nitrogens with one attached hydrogen (secondary N) is 3. The lowest BCUT2D eigenvalue weighted by Gasteiger charge is -2.28. The molecule has 2 aliphatic rings. The lowest BCUT2D eigenvalue weighted by molar-refractivity contribution is 0.0925. The van der Waals surface area contributed by atoms with Crippen LogP contribution >= 0.6 is 0 Å². The summed E-state index contributed by atoms with van der Waals surface area (Å²) in [5, 5.41) is 9.48. The van der Waals surface area contributed by atoms with Crippen molar-refractivity contribution in [3.05, 3.63) is 59.7 Å². The van der Waals surface area contributed by atoms with E-state index in [9.17, 15) is 13.2 Å². The predicted molar refractivity (Wildman–Crippen MR) is 108 cm³/mol. The number of hydrogen-bond donors (Lipinski definition) is 3. The molecule has 2 heterocycles. The number of amides is 1. The number of carbonyl (C=O) groups is 1. The van der Waals surface area contributed by atoms with Gasteiger partial charge in [0, 0.05) is 28.9 Å². The fraction of sp³-hybridized carbons (Fsp3) is 0.300. The van der Waals surface area contributed by atoms with E-state index in [1.807, 2.05) is 0 Å². The Morgan fingerprint density at radius 3 is 2.64 bits per heavy atom. The lowest BCUT2D eigenvalue weighted by Crippen LogP contribution is -2.46. The summed E-state index contributed by atoms with van der Waals surface area (Å²) < 4.78 is 28.1. The highest BCUT2D eigenvalue weighted by Crippen LogP contribution is 2.26. The van der Waals surface area contributed by atoms with Crippen LogP contribution in [-0.2, 0) is 10.0 Å². The van der Waals surface area contributed by atoms with Gasteiger partial charge in [0.25, 0.3) is 15.9 Å². The summed E-state index contributed by atoms with van der Waals surface area (Å²) in [5.74, 6) is 0.188. The minimum Gasteiger partial charge on any atom is -0.349 e. The van der Waals surface area contributed by atoms with E-state index in [1.165, 1.54) is 6.07 Å². The number of hydrogen-bond acceptors (Lipinski definition) is 5. The van der Waals surface area contributed by atoms with E-state index in [-0.39, 0.29) is 22.7 Å². The van der Waals surface area contributed by atoms with E-state index in [1.54, 1.807) is 42.5 Å². The highest BCUT2D eigenvalue weighted by atomic mass is 32.2. The summed E-state index contributed by atoms with van der Waals surface area (Å²) in [5.41, 5.74) is 1.78. The molecule has 1 saturated heterocycles. The number of nitrogens with zero attached hydrogens (tertiary/aromatic N) is 1. The molecule has 2 aromatic carbocycles. The maximum atomic E-state index is 12.5. The molecule has 0 radical (unpaired) electrons. The number of carbonyl (C=O) groups excluding carboxylic acids is 1. The second kappa shape index (κ2) is 7.37. The van der Waals surface area contributed by atoms with Crippen LogP contribution in [0.3, 0.4) is 0 Å². The first-order valence-corrected chi connectivity index (χ1v) is 10.7. The third-order valence-corrected chi connectivity index (χ3v) is 6.34. The normalized spacial score (nSPS) is 22.8. The molecular weight excluding hydrogens is 376 g/mol. The zero-order valence-corrected chi connectivity index (χ0v) is 16.3. The van der Waals surface area contributed by atoms with Gasteiger partial charge in [0.1, 0.15) is 4.90 Å². The van der Waals surface area contributed by atoms with Gasteiger partial charge in [0.05, 0.1) is 0 Å². The molecular formula is C20H22N4O3S. The number of rotatable bonds is 3. The number of amidine groups is 1. The Kier molecular flexibility index (Phi) is 4.91. The minimum absolute atomic E-state index is 0.100. The predicted octanol–water partition coefficient (Wildman–Crippen LogP) is 2.12. The van der Waals surface area contributed by atoms with E-state index >= 15 is 0 Å². The molecule has 4 rings (SSSR count). The molecule has 0 aliphatic carbocycles. The van der Waals surface area contributed by atoms with Gasteiger partial charge in [-0.15, -0.1) is 4.40 Å². The van der Waals surface area contributed by atoms with Gasteiger partial charge < -0.3 is 16.0 Å². The van der Waals surface area contributed by atoms with Crippen molar-refractivity contribution >= 4 is 27.5 Å². The van der Waals surface area contributed by atoms with Gasteiger partial charge in [-0.2, -0.15) is 8.42 Å². The van der Waals surface area contributed by atoms with Gasteiger partial charge in [-0.25, -0.2) is 0 Å². The largest absolute Gasteiger partial charge is 0.349 e. The van der Waals surface area contributed by atoms with E-state index in [0.717, 1.165) is 19.4 Å². The molecule has 0 aromatic heterocycles. The number of anilines is 1. The Morgan fingerprint density at radius 1 is 1.14 bits per heavy atom. The third-order valence-electron chi connectivity index (χ3n) is 5.00. The first kappa shape index (κ1) is 18.6. The molecule has 1 fully saturated rings. The van der Waals surface area contributed by atoms with E-state index in [2.05, 4.69) is 27.3 Å². The Bertz CT molecular complexity index is 1030. The molecule has 28 heavy (non-hydrogen) atoms. The topological polar surface area (TPSA) is 99.7 Å². The van der Waals surface area contributed by atoms with Crippen LogP contribution in [0.4, 0.5) is 5.69 Å². The number of benzene rings is 2. The van der Waals surface area contributed by atoms with Gasteiger partial charge in [0.2, 0.25) is 0 Å². The van der Waals surface area contributed by atoms with Crippen molar-refractivity contribution in [2.45, 2.75) is 36.7 Å². The van der Waals surface area contributed by atoms with Gasteiger partial charge in [-0.05, 0) is 62.7 Å². The molecule has 146 valence electrons. The maximum Gasteiger partial charge on any atom is 0.285 e. The standard InChI is InChI=1S/C20H22N4O3S/c1-13-12-16(10-11-21-13)23-20(25)14-6-8-15(9-7-14)22-19-17-4-2-3-5-18(17)28(26,27)24-19/h2-9,13,16,21H,10-12H2,1H3,(H,22,24)(H,23,25). The third kappa shape index (κ3) is 3.79. The smallest absolute Gasteiger partial charge is 0.285 e. The monoisotopic (exact) mass is 398 g/mol. The van der Waals surface area contributed by atoms with Crippen LogP contribution in [0.5, 0.6) is 0 Å². The van der Waals surface area contributed by atoms with Gasteiger partial charge >= 0.3 is 0 Å². The molecule has 0 bridgehead atoms. The van der Waals surface area contributed by atoms with E-state index < -0.39 is 10.0 Å². The summed E-state index contributed by atoms with van der Waals surface area (Å²) in [6, 6.07) is 14.2. The number of sulfonamides is 1. The van der Waals surface area contributed by atoms with Crippen molar-refractivity contribution in [1.29, 1.82) is 0 Å². The fourth-order valence-electron chi connectivity index (χ4n) is 3.57. The summed E-state index contributed by atoms with van der Waals surface area (Å²) >= 11 is 0. The first-order valence-electron chi connectivity index (χ1n) is 9.28. The van der Waals surface area contributed by atoms with Crippen molar-refractivity contribution in [2.24, 2.45) is 4.40 Å². The summed E-state index contributed by atoms with van der Waals surface area (Å²) in [6.07, 6.45) is 1.84. The molecule has 2 aliphatic heterocycles. The Labute approximate surface area is 164 Å². The van der Waals surface area contributed by atoms with Crippen LogP contribution in [0.15, 0.2) is 57.8 Å². The lowest BCUT2D eigenvalue weighted by atomic mass is 10.0. The number of piperidine rings is 1. The van der Waals surface area contributed by atoms with E-state index in [0.29, 0.717) is 22.9 Å². The average molecular weight is 398 g/mol. The highest BCUT2D eigenvalue weighted by molar-refractivity contribution is 7.90. The van der Waals surface area contributed by atoms with Crippen LogP contribution in [-0.4, -0.2) is 38.8 Å². The summed E-state index contributed by atoms with van der Waals surface area (Å²) in [7, 11) is -3.66.